The van der Waals surface area contributed by atoms with Crippen LogP contribution >= 0.6 is 0 Å². The van der Waals surface area contributed by atoms with E-state index in [1.54, 1.807) is 13.8 Å². The Morgan fingerprint density at radius 3 is 2.60 bits per heavy atom. The molecule has 0 saturated carbocycles. The first-order valence-corrected chi connectivity index (χ1v) is 5.88. The number of aromatic nitrogens is 1. The normalized spacial score (nSPS) is 13.1. The first-order chi connectivity index (χ1) is 9.25. The van der Waals surface area contributed by atoms with Crippen LogP contribution in [0.2, 0.25) is 0 Å². The zero-order valence-corrected chi connectivity index (χ0v) is 11.0. The van der Waals surface area contributed by atoms with Gasteiger partial charge in [-0.1, -0.05) is 0 Å². The second kappa shape index (κ2) is 6.56. The maximum atomic E-state index is 12.6. The summed E-state index contributed by atoms with van der Waals surface area (Å²) in [4.78, 5) is 14.5. The van der Waals surface area contributed by atoms with Gasteiger partial charge in [-0.05, 0) is 26.0 Å². The highest BCUT2D eigenvalue weighted by Crippen LogP contribution is 2.30. The summed E-state index contributed by atoms with van der Waals surface area (Å²) in [7, 11) is 0. The number of nitrogens with two attached hydrogens (primary N) is 1. The molecule has 0 bridgehead atoms. The molecular weight excluding hydrogens is 277 g/mol. The number of ether oxygens (including phenoxy) is 2. The Kier molecular flexibility index (Phi) is 5.32. The average Bonchev–Trinajstić information content (AvgIpc) is 2.34. The third-order valence-corrected chi connectivity index (χ3v) is 2.29. The van der Waals surface area contributed by atoms with Crippen molar-refractivity contribution in [3.8, 4) is 5.88 Å². The highest BCUT2D eigenvalue weighted by atomic mass is 19.4. The van der Waals surface area contributed by atoms with E-state index in [9.17, 15) is 18.0 Å². The molecule has 0 aliphatic carbocycles. The van der Waals surface area contributed by atoms with Gasteiger partial charge in [0.05, 0.1) is 6.61 Å². The van der Waals surface area contributed by atoms with E-state index >= 15 is 0 Å². The number of carbonyl (C=O) groups is 1. The molecule has 0 saturated heterocycles. The van der Waals surface area contributed by atoms with Gasteiger partial charge in [0.2, 0.25) is 5.88 Å². The Morgan fingerprint density at radius 2 is 2.10 bits per heavy atom. The van der Waals surface area contributed by atoms with Gasteiger partial charge in [0.15, 0.2) is 0 Å². The van der Waals surface area contributed by atoms with Crippen molar-refractivity contribution in [1.82, 2.24) is 4.98 Å². The number of hydrogen-bond acceptors (Lipinski definition) is 4. The molecule has 1 heterocycles. The van der Waals surface area contributed by atoms with Gasteiger partial charge >= 0.3 is 6.18 Å². The minimum absolute atomic E-state index is 0.159. The number of rotatable bonds is 6. The van der Waals surface area contributed by atoms with Crippen LogP contribution in [0.15, 0.2) is 12.1 Å². The van der Waals surface area contributed by atoms with Gasteiger partial charge in [-0.2, -0.15) is 13.2 Å². The summed E-state index contributed by atoms with van der Waals surface area (Å²) in [5.74, 6) is -1.36. The lowest BCUT2D eigenvalue weighted by atomic mass is 10.2. The van der Waals surface area contributed by atoms with Crippen LogP contribution in [0.4, 0.5) is 13.2 Å². The smallest absolute Gasteiger partial charge is 0.433 e. The molecule has 0 aliphatic heterocycles. The number of alkyl halides is 3. The highest BCUT2D eigenvalue weighted by Gasteiger charge is 2.34. The molecule has 1 atom stereocenters. The van der Waals surface area contributed by atoms with Gasteiger partial charge in [-0.3, -0.25) is 4.79 Å². The van der Waals surface area contributed by atoms with Crippen LogP contribution in [0, 0.1) is 0 Å². The number of amides is 1. The fraction of sp³-hybridized carbons (Fsp3) is 0.500. The van der Waals surface area contributed by atoms with Crippen molar-refractivity contribution in [1.29, 1.82) is 0 Å². The van der Waals surface area contributed by atoms with E-state index < -0.39 is 29.8 Å². The molecule has 0 spiro atoms. The Hall–Kier alpha value is -1.83. The largest absolute Gasteiger partial charge is 0.472 e. The topological polar surface area (TPSA) is 74.4 Å². The van der Waals surface area contributed by atoms with Crippen LogP contribution in [-0.2, 0) is 10.9 Å². The Morgan fingerprint density at radius 1 is 1.45 bits per heavy atom. The number of nitrogens with zero attached hydrogens (tertiary/aromatic N) is 1. The highest BCUT2D eigenvalue weighted by molar-refractivity contribution is 5.95. The van der Waals surface area contributed by atoms with Gasteiger partial charge in [-0.25, -0.2) is 4.98 Å². The lowest BCUT2D eigenvalue weighted by Crippen LogP contribution is -2.23. The van der Waals surface area contributed by atoms with Crippen LogP contribution in [0.5, 0.6) is 5.88 Å². The summed E-state index contributed by atoms with van der Waals surface area (Å²) in [5.41, 5.74) is 3.72. The molecule has 0 aliphatic rings. The van der Waals surface area contributed by atoms with Crippen LogP contribution in [0.1, 0.15) is 29.9 Å². The molecule has 8 heteroatoms. The maximum Gasteiger partial charge on any atom is 0.433 e. The summed E-state index contributed by atoms with van der Waals surface area (Å²) in [6, 6.07) is 1.63. The average molecular weight is 292 g/mol. The van der Waals surface area contributed by atoms with Gasteiger partial charge < -0.3 is 15.2 Å². The van der Waals surface area contributed by atoms with E-state index in [2.05, 4.69) is 4.98 Å². The van der Waals surface area contributed by atoms with Gasteiger partial charge in [0.25, 0.3) is 5.91 Å². The summed E-state index contributed by atoms with van der Waals surface area (Å²) in [6.07, 6.45) is -5.19. The van der Waals surface area contributed by atoms with Crippen molar-refractivity contribution >= 4 is 5.91 Å². The molecule has 1 rings (SSSR count). The Bertz CT molecular complexity index is 478. The van der Waals surface area contributed by atoms with E-state index in [-0.39, 0.29) is 12.2 Å². The number of pyridine rings is 1. The lowest BCUT2D eigenvalue weighted by molar-refractivity contribution is -0.141. The minimum atomic E-state index is -4.63. The molecule has 1 unspecified atom stereocenters. The standard InChI is InChI=1S/C12H15F3N2O3/c1-3-19-6-7(2)20-11-8(10(16)18)4-5-9(17-11)12(13,14)15/h4-5,7H,3,6H2,1-2H3,(H2,16,18). The lowest BCUT2D eigenvalue weighted by Gasteiger charge is -2.16. The van der Waals surface area contributed by atoms with Crippen molar-refractivity contribution in [2.24, 2.45) is 5.73 Å². The molecule has 0 radical (unpaired) electrons. The first-order valence-electron chi connectivity index (χ1n) is 5.88. The summed E-state index contributed by atoms with van der Waals surface area (Å²) < 4.78 is 48.0. The summed E-state index contributed by atoms with van der Waals surface area (Å²) in [6.45, 7) is 3.95. The van der Waals surface area contributed by atoms with Crippen LogP contribution < -0.4 is 10.5 Å². The molecule has 112 valence electrons. The fourth-order valence-corrected chi connectivity index (χ4v) is 1.38. The van der Waals surface area contributed by atoms with Crippen LogP contribution in [0.3, 0.4) is 0 Å². The second-order valence-corrected chi connectivity index (χ2v) is 4.00. The van der Waals surface area contributed by atoms with Crippen LogP contribution in [0.25, 0.3) is 0 Å². The van der Waals surface area contributed by atoms with Gasteiger partial charge in [0.1, 0.15) is 17.4 Å². The number of hydrogen-bond donors (Lipinski definition) is 1. The van der Waals surface area contributed by atoms with Crippen LogP contribution in [-0.4, -0.2) is 30.2 Å². The van der Waals surface area contributed by atoms with Crippen molar-refractivity contribution in [3.05, 3.63) is 23.4 Å². The van der Waals surface area contributed by atoms with E-state index in [1.807, 2.05) is 0 Å². The van der Waals surface area contributed by atoms with Crippen molar-refractivity contribution in [2.45, 2.75) is 26.1 Å². The third kappa shape index (κ3) is 4.37. The van der Waals surface area contributed by atoms with Crippen molar-refractivity contribution in [3.63, 3.8) is 0 Å². The molecule has 5 nitrogen and oxygen atoms in total. The van der Waals surface area contributed by atoms with Crippen molar-refractivity contribution < 1.29 is 27.4 Å². The molecular formula is C12H15F3N2O3. The van der Waals surface area contributed by atoms with Gasteiger partial charge in [0, 0.05) is 6.61 Å². The molecule has 1 aromatic heterocycles. The fourth-order valence-electron chi connectivity index (χ4n) is 1.38. The minimum Gasteiger partial charge on any atom is -0.472 e. The number of carbonyl (C=O) groups excluding carboxylic acids is 1. The summed E-state index contributed by atoms with van der Waals surface area (Å²) >= 11 is 0. The summed E-state index contributed by atoms with van der Waals surface area (Å²) in [5, 5.41) is 0. The van der Waals surface area contributed by atoms with E-state index in [0.29, 0.717) is 12.7 Å². The first kappa shape index (κ1) is 16.2. The van der Waals surface area contributed by atoms with Gasteiger partial charge in [-0.15, -0.1) is 0 Å². The number of primary amides is 1. The molecule has 20 heavy (non-hydrogen) atoms. The molecule has 0 aromatic carbocycles. The maximum absolute atomic E-state index is 12.6. The monoisotopic (exact) mass is 292 g/mol. The second-order valence-electron chi connectivity index (χ2n) is 4.00. The van der Waals surface area contributed by atoms with Crippen molar-refractivity contribution in [2.75, 3.05) is 13.2 Å². The van der Waals surface area contributed by atoms with E-state index in [1.165, 1.54) is 0 Å². The predicted octanol–water partition coefficient (Wildman–Crippen LogP) is 2.00. The molecule has 1 amide bonds. The SMILES string of the molecule is CCOCC(C)Oc1nc(C(F)(F)F)ccc1C(N)=O. The van der Waals surface area contributed by atoms with E-state index in [0.717, 1.165) is 6.07 Å². The zero-order chi connectivity index (χ0) is 15.3. The Balaban J connectivity index is 3.03. The Labute approximate surface area is 113 Å². The van der Waals surface area contributed by atoms with E-state index in [4.69, 9.17) is 15.2 Å². The predicted molar refractivity (Wildman–Crippen MR) is 64.3 cm³/mol. The molecule has 2 N–H and O–H groups in total. The third-order valence-electron chi connectivity index (χ3n) is 2.29. The zero-order valence-electron chi connectivity index (χ0n) is 11.0. The molecule has 0 fully saturated rings. The molecule has 1 aromatic rings. The quantitative estimate of drug-likeness (QED) is 0.870. The number of halogens is 3.